The SMILES string of the molecule is [2H]c1c([2H])c([2H])c(-c2ccc3c(c2)N(c2c(-c4ccccc4)cc(C(C)(C)C)cc2-c2nc(-c4ccccc4)nc(-c4ccccc4)n2)c2cc(-n4c5c([2H])c([2H])c([2H])c([2H])c5c5c([2H])c([2H])c([2H])c([2H])c54)cc4c2B3c2ccc(-n3c5ccc(C(C)(C)C)cc5c5cc(C(C)(C)C)ccc53)cc2N4c2c(-c3ccccc3)cc(C(C)(C)C)cc2-c2ccccc2)c([2H])c1[2H]. The van der Waals surface area contributed by atoms with Gasteiger partial charge >= 0.3 is 0 Å². The molecule has 18 aromatic rings. The lowest BCUT2D eigenvalue weighted by Gasteiger charge is -2.46. The van der Waals surface area contributed by atoms with E-state index in [9.17, 15) is 16.4 Å². The fourth-order valence-electron chi connectivity index (χ4n) is 17.4. The van der Waals surface area contributed by atoms with Crippen molar-refractivity contribution in [2.75, 3.05) is 9.80 Å². The Kier molecular flexibility index (Phi) is 14.0. The van der Waals surface area contributed by atoms with Crippen LogP contribution < -0.4 is 26.2 Å². The molecular formula is C109H92BN7. The topological polar surface area (TPSA) is 55.0 Å². The van der Waals surface area contributed by atoms with E-state index in [4.69, 9.17) is 16.3 Å². The van der Waals surface area contributed by atoms with Crippen LogP contribution >= 0.6 is 0 Å². The predicted octanol–water partition coefficient (Wildman–Crippen LogP) is 27.0. The highest BCUT2D eigenvalue weighted by molar-refractivity contribution is 7.00. The molecule has 3 aromatic heterocycles. The molecule has 0 saturated heterocycles. The summed E-state index contributed by atoms with van der Waals surface area (Å²) in [7, 11) is 0. The van der Waals surface area contributed by atoms with E-state index in [0.717, 1.165) is 88.7 Å². The first-order valence-corrected chi connectivity index (χ1v) is 40.1. The number of hydrogen-bond donors (Lipinski definition) is 0. The van der Waals surface area contributed by atoms with E-state index in [2.05, 4.69) is 237 Å². The van der Waals surface area contributed by atoms with Crippen molar-refractivity contribution in [1.29, 1.82) is 0 Å². The molecule has 0 radical (unpaired) electrons. The molecule has 7 nitrogen and oxygen atoms in total. The Balaban J connectivity index is 1.05. The van der Waals surface area contributed by atoms with Gasteiger partial charge in [-0.25, -0.2) is 15.0 Å². The third-order valence-electron chi connectivity index (χ3n) is 23.5. The lowest BCUT2D eigenvalue weighted by molar-refractivity contribution is 0.590. The molecule has 20 rings (SSSR count). The molecule has 0 fully saturated rings. The van der Waals surface area contributed by atoms with Crippen molar-refractivity contribution in [2.45, 2.75) is 105 Å². The van der Waals surface area contributed by atoms with E-state index in [1.807, 2.05) is 121 Å². The summed E-state index contributed by atoms with van der Waals surface area (Å²) in [4.78, 5) is 21.2. The first kappa shape index (κ1) is 59.3. The van der Waals surface area contributed by atoms with Gasteiger partial charge in [0.2, 0.25) is 0 Å². The molecule has 0 atom stereocenters. The van der Waals surface area contributed by atoms with Crippen molar-refractivity contribution >= 4 is 101 Å². The molecule has 0 unspecified atom stereocenters. The summed E-state index contributed by atoms with van der Waals surface area (Å²) in [5.74, 6) is 1.01. The zero-order valence-corrected chi connectivity index (χ0v) is 67.5. The Hall–Kier alpha value is -13.4. The first-order chi connectivity index (χ1) is 62.0. The molecule has 0 amide bonds. The average molecular weight is 1520 g/mol. The summed E-state index contributed by atoms with van der Waals surface area (Å²) in [5.41, 5.74) is 18.4. The monoisotopic (exact) mass is 1520 g/mol. The van der Waals surface area contributed by atoms with Crippen LogP contribution in [-0.2, 0) is 21.7 Å². The molecule has 0 aliphatic carbocycles. The number of rotatable bonds is 11. The number of benzene rings is 15. The van der Waals surface area contributed by atoms with Gasteiger partial charge in [0, 0.05) is 83.4 Å². The third kappa shape index (κ3) is 12.5. The van der Waals surface area contributed by atoms with E-state index in [0.29, 0.717) is 62.1 Å². The Bertz CT molecular complexity index is 7510. The van der Waals surface area contributed by atoms with Gasteiger partial charge in [0.15, 0.2) is 17.5 Å². The van der Waals surface area contributed by atoms with Gasteiger partial charge in [-0.1, -0.05) is 332 Å². The van der Waals surface area contributed by atoms with Crippen LogP contribution in [0.3, 0.4) is 0 Å². The van der Waals surface area contributed by atoms with E-state index < -0.39 is 96.1 Å². The minimum Gasteiger partial charge on any atom is -0.310 e. The van der Waals surface area contributed by atoms with Crippen LogP contribution in [0, 0.1) is 0 Å². The van der Waals surface area contributed by atoms with Crippen LogP contribution in [0.2, 0.25) is 0 Å². The minimum atomic E-state index is -0.826. The predicted molar refractivity (Wildman–Crippen MR) is 495 cm³/mol. The Labute approximate surface area is 705 Å². The second-order valence-electron chi connectivity index (χ2n) is 35.1. The summed E-state index contributed by atoms with van der Waals surface area (Å²) in [6.07, 6.45) is 0. The fourth-order valence-corrected chi connectivity index (χ4v) is 17.4. The summed E-state index contributed by atoms with van der Waals surface area (Å²) in [6.45, 7) is 25.7. The molecule has 8 heteroatoms. The van der Waals surface area contributed by atoms with Crippen molar-refractivity contribution in [2.24, 2.45) is 0 Å². The van der Waals surface area contributed by atoms with E-state index in [1.165, 1.54) is 11.1 Å². The molecule has 2 aliphatic rings. The van der Waals surface area contributed by atoms with Crippen LogP contribution in [0.4, 0.5) is 34.1 Å². The zero-order chi connectivity index (χ0) is 91.3. The smallest absolute Gasteiger partial charge is 0.252 e. The van der Waals surface area contributed by atoms with Gasteiger partial charge in [-0.3, -0.25) is 0 Å². The number of hydrogen-bond acceptors (Lipinski definition) is 5. The highest BCUT2D eigenvalue weighted by atomic mass is 15.2. The number of fused-ring (bicyclic) bond motifs is 10. The largest absolute Gasteiger partial charge is 0.310 e. The molecule has 2 aliphatic heterocycles. The van der Waals surface area contributed by atoms with Crippen LogP contribution in [0.15, 0.2) is 339 Å². The quantitative estimate of drug-likeness (QED) is 0.121. The van der Waals surface area contributed by atoms with E-state index in [-0.39, 0.29) is 55.3 Å². The molecule has 566 valence electrons. The van der Waals surface area contributed by atoms with Crippen LogP contribution in [0.25, 0.3) is 134 Å². The Morgan fingerprint density at radius 2 is 0.632 bits per heavy atom. The summed E-state index contributed by atoms with van der Waals surface area (Å²) in [6, 6.07) is 82.6. The van der Waals surface area contributed by atoms with Gasteiger partial charge < -0.3 is 18.9 Å². The summed E-state index contributed by atoms with van der Waals surface area (Å²) in [5, 5.41) is 1.91. The second kappa shape index (κ2) is 27.7. The second-order valence-corrected chi connectivity index (χ2v) is 35.1. The van der Waals surface area contributed by atoms with Crippen molar-refractivity contribution < 1.29 is 17.8 Å². The third-order valence-corrected chi connectivity index (χ3v) is 23.5. The maximum atomic E-state index is 10.4. The number of aromatic nitrogens is 5. The van der Waals surface area contributed by atoms with Crippen molar-refractivity contribution in [1.82, 2.24) is 24.1 Å². The van der Waals surface area contributed by atoms with Crippen molar-refractivity contribution in [3.63, 3.8) is 0 Å². The molecule has 0 N–H and O–H groups in total. The molecule has 0 spiro atoms. The lowest BCUT2D eigenvalue weighted by Crippen LogP contribution is -2.61. The maximum Gasteiger partial charge on any atom is 0.252 e. The number of para-hydroxylation sites is 2. The van der Waals surface area contributed by atoms with Crippen molar-refractivity contribution in [3.8, 4) is 90.0 Å². The van der Waals surface area contributed by atoms with Gasteiger partial charge in [-0.15, -0.1) is 0 Å². The van der Waals surface area contributed by atoms with Gasteiger partial charge in [-0.05, 0) is 179 Å². The number of anilines is 6. The maximum absolute atomic E-state index is 10.4. The molecule has 0 bridgehead atoms. The molecule has 0 saturated carbocycles. The van der Waals surface area contributed by atoms with E-state index in [1.54, 1.807) is 4.57 Å². The first-order valence-electron chi connectivity index (χ1n) is 46.6. The molecule has 5 heterocycles. The average Bonchev–Trinajstić information content (AvgIpc) is 1.10. The molecule has 117 heavy (non-hydrogen) atoms. The highest BCUT2D eigenvalue weighted by Gasteiger charge is 2.47. The fraction of sp³-hybridized carbons (Fsp3) is 0.147. The summed E-state index contributed by atoms with van der Waals surface area (Å²) >= 11 is 0. The van der Waals surface area contributed by atoms with Gasteiger partial charge in [0.1, 0.15) is 0 Å². The molecule has 15 aromatic carbocycles. The Morgan fingerprint density at radius 3 is 1.08 bits per heavy atom. The van der Waals surface area contributed by atoms with Crippen LogP contribution in [0.5, 0.6) is 0 Å². The van der Waals surface area contributed by atoms with E-state index >= 15 is 0 Å². The highest BCUT2D eigenvalue weighted by Crippen LogP contribution is 2.56. The van der Waals surface area contributed by atoms with Gasteiger partial charge in [0.25, 0.3) is 6.71 Å². The minimum absolute atomic E-state index is 0.0533. The van der Waals surface area contributed by atoms with Crippen LogP contribution in [-0.4, -0.2) is 30.8 Å². The van der Waals surface area contributed by atoms with Gasteiger partial charge in [-0.2, -0.15) is 0 Å². The van der Waals surface area contributed by atoms with Crippen molar-refractivity contribution in [3.05, 3.63) is 362 Å². The zero-order valence-electron chi connectivity index (χ0n) is 80.5. The van der Waals surface area contributed by atoms with Crippen LogP contribution in [0.1, 0.15) is 123 Å². The van der Waals surface area contributed by atoms with Gasteiger partial charge in [0.05, 0.1) is 56.9 Å². The summed E-state index contributed by atoms with van der Waals surface area (Å²) < 4.78 is 131. The standard InChI is InChI=1S/C109H92BN7/c1-106(2,3)76-52-57-94-87(60-76)88-61-77(107(4,5)6)53-58-95(88)114(94)80-54-56-91-97(66-80)117(101-84(70-37-21-14-22-38-70)62-78(108(7,8)9)63-85(101)71-39-23-15-24-40-71)99-68-81(115-92-49-33-31-47-82(92)83-48-32-34-50-93(83)115)67-98-100(99)110(91)90-55-51-75(69-35-19-13-20-36-69)59-96(90)116(98)102-86(72-41-25-16-26-42-72)64-79(109(10,11)12)65-89(102)105-112-103(73-43-27-17-28-44-73)111-104(113-105)74-45-29-18-30-46-74/h13-68H,1-12H3/i13D,19D,20D,31D,32D,33D,34D,35D,36D,47D,48D,49D,50D. The number of nitrogens with zero attached hydrogens (tertiary/aromatic N) is 7. The normalized spacial score (nSPS) is 14.5. The lowest BCUT2D eigenvalue weighted by atomic mass is 9.33. The Morgan fingerprint density at radius 1 is 0.265 bits per heavy atom. The molecular weight excluding hydrogens is 1420 g/mol.